The maximum atomic E-state index is 6.17. The van der Waals surface area contributed by atoms with E-state index >= 15 is 0 Å². The zero-order chi connectivity index (χ0) is 7.84. The van der Waals surface area contributed by atoms with Crippen LogP contribution < -0.4 is 0 Å². The fourth-order valence-electron chi connectivity index (χ4n) is 1.57. The third kappa shape index (κ3) is 1.23. The Hall–Kier alpha value is 0.0500. The van der Waals surface area contributed by atoms with Crippen LogP contribution in [0.15, 0.2) is 17.1 Å². The maximum absolute atomic E-state index is 6.17. The first-order chi connectivity index (χ1) is 5.29. The lowest BCUT2D eigenvalue weighted by molar-refractivity contribution is 0.541. The molecule has 1 aliphatic heterocycles. The molecule has 11 heavy (non-hydrogen) atoms. The normalized spacial score (nSPS) is 42.6. The van der Waals surface area contributed by atoms with Crippen molar-refractivity contribution in [1.82, 2.24) is 0 Å². The van der Waals surface area contributed by atoms with Gasteiger partial charge in [-0.05, 0) is 12.8 Å². The van der Waals surface area contributed by atoms with Crippen molar-refractivity contribution >= 4 is 28.9 Å². The Morgan fingerprint density at radius 3 is 3.36 bits per heavy atom. The van der Waals surface area contributed by atoms with E-state index in [1.54, 1.807) is 11.8 Å². The molecule has 3 heteroatoms. The summed E-state index contributed by atoms with van der Waals surface area (Å²) < 4.78 is 0. The number of rotatable bonds is 0. The number of fused-ring (bicyclic) bond motifs is 1. The summed E-state index contributed by atoms with van der Waals surface area (Å²) in [6, 6.07) is 0.466. The van der Waals surface area contributed by atoms with Gasteiger partial charge in [-0.1, -0.05) is 12.2 Å². The Labute approximate surface area is 75.9 Å². The molecule has 0 spiro atoms. The van der Waals surface area contributed by atoms with E-state index in [0.717, 1.165) is 12.8 Å². The van der Waals surface area contributed by atoms with Crippen LogP contribution in [0.5, 0.6) is 0 Å². The molecule has 60 valence electrons. The second-order valence-electron chi connectivity index (χ2n) is 3.02. The Bertz CT molecular complexity index is 214. The van der Waals surface area contributed by atoms with Gasteiger partial charge in [0.25, 0.3) is 0 Å². The number of nitrogens with zero attached hydrogens (tertiary/aromatic N) is 1. The molecular formula is C8H10ClNS. The van der Waals surface area contributed by atoms with Gasteiger partial charge in [-0.25, -0.2) is 0 Å². The lowest BCUT2D eigenvalue weighted by Gasteiger charge is -2.29. The molecule has 3 unspecified atom stereocenters. The first-order valence-corrected chi connectivity index (χ1v) is 5.16. The molecule has 2 aliphatic rings. The summed E-state index contributed by atoms with van der Waals surface area (Å²) in [6.07, 6.45) is 2.18. The minimum absolute atomic E-state index is 0.140. The molecule has 1 aliphatic carbocycles. The van der Waals surface area contributed by atoms with Crippen LogP contribution in [0, 0.1) is 0 Å². The first-order valence-electron chi connectivity index (χ1n) is 3.78. The quantitative estimate of drug-likeness (QED) is 0.419. The van der Waals surface area contributed by atoms with Crippen molar-refractivity contribution in [2.24, 2.45) is 4.99 Å². The van der Waals surface area contributed by atoms with E-state index < -0.39 is 0 Å². The molecule has 0 aromatic carbocycles. The zero-order valence-electron chi connectivity index (χ0n) is 6.16. The van der Waals surface area contributed by atoms with Crippen LogP contribution in [0.4, 0.5) is 0 Å². The Kier molecular flexibility index (Phi) is 1.98. The van der Waals surface area contributed by atoms with Crippen molar-refractivity contribution in [3.63, 3.8) is 0 Å². The van der Waals surface area contributed by atoms with Crippen LogP contribution in [0.1, 0.15) is 12.8 Å². The van der Waals surface area contributed by atoms with Gasteiger partial charge in [-0.2, -0.15) is 0 Å². The molecule has 0 N–H and O–H groups in total. The fraction of sp³-hybridized carbons (Fsp3) is 0.625. The van der Waals surface area contributed by atoms with E-state index in [2.05, 4.69) is 11.6 Å². The van der Waals surface area contributed by atoms with Crippen molar-refractivity contribution < 1.29 is 0 Å². The monoisotopic (exact) mass is 187 g/mol. The molecule has 2 rings (SSSR count). The van der Waals surface area contributed by atoms with Crippen LogP contribution in [-0.4, -0.2) is 22.2 Å². The van der Waals surface area contributed by atoms with E-state index in [1.807, 2.05) is 5.55 Å². The van der Waals surface area contributed by atoms with E-state index in [4.69, 9.17) is 11.6 Å². The highest BCUT2D eigenvalue weighted by Crippen LogP contribution is 2.39. The van der Waals surface area contributed by atoms with Gasteiger partial charge in [0, 0.05) is 0 Å². The van der Waals surface area contributed by atoms with E-state index in [-0.39, 0.29) is 5.38 Å². The van der Waals surface area contributed by atoms with Crippen molar-refractivity contribution in [1.29, 1.82) is 0 Å². The number of aliphatic imine (C=N–C) groups is 1. The maximum Gasteiger partial charge on any atom is 0.0686 e. The fourth-order valence-corrected chi connectivity index (χ4v) is 3.11. The molecule has 3 atom stereocenters. The lowest BCUT2D eigenvalue weighted by atomic mass is 9.91. The van der Waals surface area contributed by atoms with Crippen molar-refractivity contribution in [2.45, 2.75) is 29.5 Å². The number of allylic oxidation sites excluding steroid dienone is 1. The summed E-state index contributed by atoms with van der Waals surface area (Å²) in [6.45, 7) is 3.95. The van der Waals surface area contributed by atoms with E-state index in [0.29, 0.717) is 11.3 Å². The molecule has 1 nitrogen and oxygen atoms in total. The van der Waals surface area contributed by atoms with E-state index in [9.17, 15) is 0 Å². The average molecular weight is 188 g/mol. The number of hydrogen-bond acceptors (Lipinski definition) is 2. The zero-order valence-corrected chi connectivity index (χ0v) is 7.74. The van der Waals surface area contributed by atoms with Gasteiger partial charge >= 0.3 is 0 Å². The van der Waals surface area contributed by atoms with Crippen LogP contribution >= 0.6 is 23.4 Å². The lowest BCUT2D eigenvalue weighted by Crippen LogP contribution is -2.33. The largest absolute Gasteiger partial charge is 0.282 e. The third-order valence-electron chi connectivity index (χ3n) is 2.29. The molecule has 0 aromatic rings. The number of alkyl halides is 1. The van der Waals surface area contributed by atoms with Crippen LogP contribution in [-0.2, 0) is 0 Å². The number of halogens is 1. The molecule has 0 saturated heterocycles. The topological polar surface area (TPSA) is 12.4 Å². The average Bonchev–Trinajstić information content (AvgIpc) is 2.45. The predicted molar refractivity (Wildman–Crippen MR) is 51.7 cm³/mol. The highest BCUT2D eigenvalue weighted by molar-refractivity contribution is 8.13. The van der Waals surface area contributed by atoms with Crippen molar-refractivity contribution in [3.05, 3.63) is 12.2 Å². The number of thioether (sulfide) groups is 1. The first kappa shape index (κ1) is 7.69. The molecule has 0 radical (unpaired) electrons. The summed E-state index contributed by atoms with van der Waals surface area (Å²) in [5.74, 6) is 0. The summed E-state index contributed by atoms with van der Waals surface area (Å²) in [5, 5.41) is 0.610. The van der Waals surface area contributed by atoms with Gasteiger partial charge in [-0.3, -0.25) is 4.99 Å². The van der Waals surface area contributed by atoms with Gasteiger partial charge < -0.3 is 0 Å². The standard InChI is InChI=1S/C8H10ClNS/c1-5-2-3-6-8(7(5)9)11-4-10-6/h4,6-8H,1-3H2. The highest BCUT2D eigenvalue weighted by Gasteiger charge is 2.36. The molecule has 1 saturated carbocycles. The summed E-state index contributed by atoms with van der Waals surface area (Å²) >= 11 is 7.92. The third-order valence-corrected chi connectivity index (χ3v) is 4.16. The second kappa shape index (κ2) is 2.83. The predicted octanol–water partition coefficient (Wildman–Crippen LogP) is 2.46. The molecule has 0 aromatic heterocycles. The van der Waals surface area contributed by atoms with Crippen LogP contribution in [0.25, 0.3) is 0 Å². The second-order valence-corrected chi connectivity index (χ2v) is 4.52. The number of hydrogen-bond donors (Lipinski definition) is 0. The SMILES string of the molecule is C=C1CCC2N=CSC2C1Cl. The van der Waals surface area contributed by atoms with Gasteiger partial charge in [0.1, 0.15) is 0 Å². The van der Waals surface area contributed by atoms with Crippen molar-refractivity contribution in [3.8, 4) is 0 Å². The summed E-state index contributed by atoms with van der Waals surface area (Å²) in [4.78, 5) is 4.35. The minimum Gasteiger partial charge on any atom is -0.282 e. The molecule has 1 fully saturated rings. The summed E-state index contributed by atoms with van der Waals surface area (Å²) in [7, 11) is 0. The highest BCUT2D eigenvalue weighted by atomic mass is 35.5. The van der Waals surface area contributed by atoms with Crippen molar-refractivity contribution in [2.75, 3.05) is 0 Å². The molecular weight excluding hydrogens is 178 g/mol. The van der Waals surface area contributed by atoms with Gasteiger partial charge in [0.2, 0.25) is 0 Å². The van der Waals surface area contributed by atoms with Crippen LogP contribution in [0.2, 0.25) is 0 Å². The Morgan fingerprint density at radius 2 is 2.55 bits per heavy atom. The minimum atomic E-state index is 0.140. The van der Waals surface area contributed by atoms with Gasteiger partial charge in [0.05, 0.1) is 22.2 Å². The molecule has 0 amide bonds. The van der Waals surface area contributed by atoms with Gasteiger partial charge in [0.15, 0.2) is 0 Å². The Balaban J connectivity index is 2.15. The van der Waals surface area contributed by atoms with Crippen LogP contribution in [0.3, 0.4) is 0 Å². The Morgan fingerprint density at radius 1 is 1.73 bits per heavy atom. The van der Waals surface area contributed by atoms with E-state index in [1.165, 1.54) is 5.57 Å². The molecule has 1 heterocycles. The smallest absolute Gasteiger partial charge is 0.0686 e. The molecule has 0 bridgehead atoms. The van der Waals surface area contributed by atoms with Gasteiger partial charge in [-0.15, -0.1) is 23.4 Å². The summed E-state index contributed by atoms with van der Waals surface area (Å²) in [5.41, 5.74) is 3.12.